The van der Waals surface area contributed by atoms with Crippen LogP contribution < -0.4 is 20.3 Å². The molecule has 1 aliphatic heterocycles. The van der Waals surface area contributed by atoms with Gasteiger partial charge in [-0.05, 0) is 12.5 Å². The van der Waals surface area contributed by atoms with Gasteiger partial charge in [0.1, 0.15) is 17.5 Å². The molecule has 7 heteroatoms. The van der Waals surface area contributed by atoms with Gasteiger partial charge in [-0.2, -0.15) is 0 Å². The molecule has 1 aromatic rings. The standard InChI is InChI=1S/C13H17ClN2O4/c1-18-11-6-12(19-2)8(14)4-7(11)9-5-10(16-15-9)13(17)20-3/h4,6,9-10,15-16H,5H2,1-3H3. The van der Waals surface area contributed by atoms with E-state index in [9.17, 15) is 4.79 Å². The van der Waals surface area contributed by atoms with E-state index in [1.54, 1.807) is 26.4 Å². The largest absolute Gasteiger partial charge is 0.496 e. The third-order valence-corrected chi connectivity index (χ3v) is 3.56. The molecule has 1 saturated heterocycles. The van der Waals surface area contributed by atoms with E-state index in [0.29, 0.717) is 22.9 Å². The van der Waals surface area contributed by atoms with Crippen LogP contribution in [-0.4, -0.2) is 33.3 Å². The molecule has 2 rings (SSSR count). The van der Waals surface area contributed by atoms with Gasteiger partial charge in [-0.1, -0.05) is 11.6 Å². The van der Waals surface area contributed by atoms with Crippen molar-refractivity contribution >= 4 is 17.6 Å². The van der Waals surface area contributed by atoms with Crippen LogP contribution in [0.2, 0.25) is 5.02 Å². The number of nitrogens with one attached hydrogen (secondary N) is 2. The number of halogens is 1. The molecule has 0 aromatic heterocycles. The molecule has 0 spiro atoms. The number of methoxy groups -OCH3 is 3. The number of hydrogen-bond acceptors (Lipinski definition) is 6. The zero-order valence-electron chi connectivity index (χ0n) is 11.5. The van der Waals surface area contributed by atoms with Crippen LogP contribution in [0.4, 0.5) is 0 Å². The lowest BCUT2D eigenvalue weighted by Crippen LogP contribution is -2.36. The summed E-state index contributed by atoms with van der Waals surface area (Å²) in [6.45, 7) is 0. The quantitative estimate of drug-likeness (QED) is 0.820. The Bertz CT molecular complexity index is 509. The van der Waals surface area contributed by atoms with Crippen molar-refractivity contribution in [3.8, 4) is 11.5 Å². The van der Waals surface area contributed by atoms with Crippen LogP contribution in [0.3, 0.4) is 0 Å². The summed E-state index contributed by atoms with van der Waals surface area (Å²) in [7, 11) is 4.48. The first kappa shape index (κ1) is 14.9. The second-order valence-electron chi connectivity index (χ2n) is 4.38. The van der Waals surface area contributed by atoms with E-state index in [2.05, 4.69) is 10.9 Å². The van der Waals surface area contributed by atoms with Gasteiger partial charge in [-0.25, -0.2) is 10.9 Å². The summed E-state index contributed by atoms with van der Waals surface area (Å²) >= 11 is 6.14. The van der Waals surface area contributed by atoms with Crippen LogP contribution in [0.25, 0.3) is 0 Å². The van der Waals surface area contributed by atoms with Crippen molar-refractivity contribution < 1.29 is 19.0 Å². The van der Waals surface area contributed by atoms with Gasteiger partial charge in [0.2, 0.25) is 0 Å². The van der Waals surface area contributed by atoms with Crippen molar-refractivity contribution in [1.82, 2.24) is 10.9 Å². The molecule has 110 valence electrons. The number of ether oxygens (including phenoxy) is 3. The van der Waals surface area contributed by atoms with Gasteiger partial charge in [0.15, 0.2) is 0 Å². The van der Waals surface area contributed by atoms with Gasteiger partial charge in [0, 0.05) is 11.6 Å². The van der Waals surface area contributed by atoms with Crippen molar-refractivity contribution in [2.45, 2.75) is 18.5 Å². The highest BCUT2D eigenvalue weighted by atomic mass is 35.5. The molecule has 1 fully saturated rings. The van der Waals surface area contributed by atoms with Crippen molar-refractivity contribution in [1.29, 1.82) is 0 Å². The van der Waals surface area contributed by atoms with Crippen molar-refractivity contribution in [3.63, 3.8) is 0 Å². The lowest BCUT2D eigenvalue weighted by atomic mass is 10.0. The Balaban J connectivity index is 2.25. The molecule has 6 nitrogen and oxygen atoms in total. The number of esters is 1. The Kier molecular flexibility index (Phi) is 4.69. The van der Waals surface area contributed by atoms with Gasteiger partial charge in [-0.15, -0.1) is 0 Å². The van der Waals surface area contributed by atoms with Gasteiger partial charge in [0.05, 0.1) is 32.4 Å². The Morgan fingerprint density at radius 3 is 2.50 bits per heavy atom. The van der Waals surface area contributed by atoms with Gasteiger partial charge >= 0.3 is 5.97 Å². The minimum Gasteiger partial charge on any atom is -0.496 e. The van der Waals surface area contributed by atoms with E-state index in [-0.39, 0.29) is 12.0 Å². The van der Waals surface area contributed by atoms with E-state index in [1.165, 1.54) is 7.11 Å². The summed E-state index contributed by atoms with van der Waals surface area (Å²) in [6, 6.07) is 3.01. The molecule has 1 aromatic carbocycles. The Morgan fingerprint density at radius 2 is 1.90 bits per heavy atom. The number of rotatable bonds is 4. The summed E-state index contributed by atoms with van der Waals surface area (Å²) < 4.78 is 15.2. The van der Waals surface area contributed by atoms with Crippen LogP contribution in [0.15, 0.2) is 12.1 Å². The lowest BCUT2D eigenvalue weighted by molar-refractivity contribution is -0.142. The molecule has 2 N–H and O–H groups in total. The maximum Gasteiger partial charge on any atom is 0.324 e. The Hall–Kier alpha value is -1.50. The summed E-state index contributed by atoms with van der Waals surface area (Å²) in [5.74, 6) is 0.886. The maximum atomic E-state index is 11.5. The molecule has 2 unspecified atom stereocenters. The topological polar surface area (TPSA) is 68.8 Å². The van der Waals surface area contributed by atoms with Crippen molar-refractivity contribution in [3.05, 3.63) is 22.7 Å². The molecule has 20 heavy (non-hydrogen) atoms. The fourth-order valence-electron chi connectivity index (χ4n) is 2.21. The zero-order valence-corrected chi connectivity index (χ0v) is 12.3. The summed E-state index contributed by atoms with van der Waals surface area (Å²) in [5.41, 5.74) is 6.81. The van der Waals surface area contributed by atoms with Crippen LogP contribution >= 0.6 is 11.6 Å². The van der Waals surface area contributed by atoms with E-state index in [1.807, 2.05) is 0 Å². The highest BCUT2D eigenvalue weighted by molar-refractivity contribution is 6.32. The molecule has 0 aliphatic carbocycles. The summed E-state index contributed by atoms with van der Waals surface area (Å²) in [5, 5.41) is 0.492. The smallest absolute Gasteiger partial charge is 0.324 e. The molecule has 0 bridgehead atoms. The van der Waals surface area contributed by atoms with Gasteiger partial charge < -0.3 is 14.2 Å². The van der Waals surface area contributed by atoms with E-state index >= 15 is 0 Å². The molecule has 2 atom stereocenters. The average Bonchev–Trinajstić information content (AvgIpc) is 2.95. The fraction of sp³-hybridized carbons (Fsp3) is 0.462. The predicted molar refractivity (Wildman–Crippen MR) is 74.0 cm³/mol. The minimum atomic E-state index is -0.393. The second kappa shape index (κ2) is 6.30. The number of carbonyl (C=O) groups is 1. The molecule has 1 aliphatic rings. The normalized spacial score (nSPS) is 21.6. The SMILES string of the molecule is COC(=O)C1CC(c2cc(Cl)c(OC)cc2OC)NN1. The zero-order chi connectivity index (χ0) is 14.7. The van der Waals surface area contributed by atoms with Crippen molar-refractivity contribution in [2.24, 2.45) is 0 Å². The fourth-order valence-corrected chi connectivity index (χ4v) is 2.46. The summed E-state index contributed by atoms with van der Waals surface area (Å²) in [4.78, 5) is 11.5. The van der Waals surface area contributed by atoms with Crippen LogP contribution in [0.1, 0.15) is 18.0 Å². The molecule has 0 saturated carbocycles. The summed E-state index contributed by atoms with van der Waals surface area (Å²) in [6.07, 6.45) is 0.547. The number of hydrazine groups is 1. The maximum absolute atomic E-state index is 11.5. The number of carbonyl (C=O) groups excluding carboxylic acids is 1. The highest BCUT2D eigenvalue weighted by Gasteiger charge is 2.32. The third-order valence-electron chi connectivity index (χ3n) is 3.27. The molecular formula is C13H17ClN2O4. The van der Waals surface area contributed by atoms with Gasteiger partial charge in [0.25, 0.3) is 0 Å². The Labute approximate surface area is 122 Å². The number of benzene rings is 1. The predicted octanol–water partition coefficient (Wildman–Crippen LogP) is 1.44. The van der Waals surface area contributed by atoms with Crippen LogP contribution in [0.5, 0.6) is 11.5 Å². The van der Waals surface area contributed by atoms with E-state index < -0.39 is 6.04 Å². The highest BCUT2D eigenvalue weighted by Crippen LogP contribution is 2.37. The first-order chi connectivity index (χ1) is 9.60. The monoisotopic (exact) mass is 300 g/mol. The third kappa shape index (κ3) is 2.82. The second-order valence-corrected chi connectivity index (χ2v) is 4.79. The van der Waals surface area contributed by atoms with Gasteiger partial charge in [-0.3, -0.25) is 4.79 Å². The first-order valence-corrected chi connectivity index (χ1v) is 6.48. The average molecular weight is 301 g/mol. The van der Waals surface area contributed by atoms with E-state index in [0.717, 1.165) is 5.56 Å². The first-order valence-electron chi connectivity index (χ1n) is 6.11. The Morgan fingerprint density at radius 1 is 1.20 bits per heavy atom. The van der Waals surface area contributed by atoms with Crippen molar-refractivity contribution in [2.75, 3.05) is 21.3 Å². The lowest BCUT2D eigenvalue weighted by Gasteiger charge is -2.16. The molecule has 0 amide bonds. The number of hydrogen-bond donors (Lipinski definition) is 2. The van der Waals surface area contributed by atoms with E-state index in [4.69, 9.17) is 25.8 Å². The minimum absolute atomic E-state index is 0.0996. The molecule has 1 heterocycles. The molecular weight excluding hydrogens is 284 g/mol. The molecule has 0 radical (unpaired) electrons. The van der Waals surface area contributed by atoms with Crippen LogP contribution in [-0.2, 0) is 9.53 Å². The van der Waals surface area contributed by atoms with Crippen LogP contribution in [0, 0.1) is 0 Å².